The lowest BCUT2D eigenvalue weighted by Crippen LogP contribution is -2.12. The molecule has 21 heavy (non-hydrogen) atoms. The van der Waals surface area contributed by atoms with Gasteiger partial charge in [-0.05, 0) is 41.8 Å². The summed E-state index contributed by atoms with van der Waals surface area (Å²) in [6.07, 6.45) is 0. The van der Waals surface area contributed by atoms with Crippen molar-refractivity contribution in [1.82, 2.24) is 0 Å². The molecule has 0 aromatic heterocycles. The highest BCUT2D eigenvalue weighted by Gasteiger charge is 2.12. The second-order valence-electron chi connectivity index (χ2n) is 4.60. The SMILES string of the molecule is O=C(Nc1ccc(Cl)cc1)c1ccc(F)c2ccccc12. The van der Waals surface area contributed by atoms with Gasteiger partial charge in [0, 0.05) is 21.7 Å². The van der Waals surface area contributed by atoms with Gasteiger partial charge in [-0.25, -0.2) is 4.39 Å². The lowest BCUT2D eigenvalue weighted by Gasteiger charge is -2.09. The van der Waals surface area contributed by atoms with Crippen LogP contribution < -0.4 is 5.32 Å². The maximum absolute atomic E-state index is 13.8. The minimum Gasteiger partial charge on any atom is -0.322 e. The molecule has 0 atom stereocenters. The van der Waals surface area contributed by atoms with Crippen molar-refractivity contribution in [1.29, 1.82) is 0 Å². The average Bonchev–Trinajstić information content (AvgIpc) is 2.50. The second-order valence-corrected chi connectivity index (χ2v) is 5.04. The molecule has 2 nitrogen and oxygen atoms in total. The molecule has 0 radical (unpaired) electrons. The van der Waals surface area contributed by atoms with E-state index in [9.17, 15) is 9.18 Å². The van der Waals surface area contributed by atoms with Crippen LogP contribution in [-0.2, 0) is 0 Å². The topological polar surface area (TPSA) is 29.1 Å². The first-order chi connectivity index (χ1) is 10.1. The molecular weight excluding hydrogens is 289 g/mol. The van der Waals surface area contributed by atoms with E-state index < -0.39 is 0 Å². The number of fused-ring (bicyclic) bond motifs is 1. The number of nitrogens with one attached hydrogen (secondary N) is 1. The van der Waals surface area contributed by atoms with E-state index in [0.717, 1.165) is 0 Å². The van der Waals surface area contributed by atoms with E-state index in [2.05, 4.69) is 5.32 Å². The van der Waals surface area contributed by atoms with Crippen LogP contribution in [0.2, 0.25) is 5.02 Å². The number of amides is 1. The van der Waals surface area contributed by atoms with Crippen LogP contribution in [0.5, 0.6) is 0 Å². The zero-order chi connectivity index (χ0) is 14.8. The van der Waals surface area contributed by atoms with Crippen molar-refractivity contribution in [3.05, 3.63) is 77.1 Å². The van der Waals surface area contributed by atoms with Gasteiger partial charge in [0.15, 0.2) is 0 Å². The summed E-state index contributed by atoms with van der Waals surface area (Å²) in [6, 6.07) is 16.5. The van der Waals surface area contributed by atoms with E-state index in [1.807, 2.05) is 0 Å². The molecule has 3 aromatic carbocycles. The lowest BCUT2D eigenvalue weighted by molar-refractivity contribution is 0.102. The van der Waals surface area contributed by atoms with Crippen LogP contribution >= 0.6 is 11.6 Å². The van der Waals surface area contributed by atoms with Gasteiger partial charge in [0.2, 0.25) is 0 Å². The molecule has 1 N–H and O–H groups in total. The fraction of sp³-hybridized carbons (Fsp3) is 0. The van der Waals surface area contributed by atoms with Crippen LogP contribution in [0.15, 0.2) is 60.7 Å². The van der Waals surface area contributed by atoms with Crippen molar-refractivity contribution in [3.63, 3.8) is 0 Å². The Hall–Kier alpha value is -2.39. The number of halogens is 2. The van der Waals surface area contributed by atoms with Crippen LogP contribution in [0.1, 0.15) is 10.4 Å². The van der Waals surface area contributed by atoms with Gasteiger partial charge in [0.05, 0.1) is 0 Å². The highest BCUT2D eigenvalue weighted by molar-refractivity contribution is 6.30. The quantitative estimate of drug-likeness (QED) is 0.717. The summed E-state index contributed by atoms with van der Waals surface area (Å²) in [5, 5.41) is 4.39. The van der Waals surface area contributed by atoms with Crippen LogP contribution in [0, 0.1) is 5.82 Å². The normalized spacial score (nSPS) is 10.6. The second kappa shape index (κ2) is 5.54. The van der Waals surface area contributed by atoms with Gasteiger partial charge >= 0.3 is 0 Å². The highest BCUT2D eigenvalue weighted by Crippen LogP contribution is 2.23. The predicted octanol–water partition coefficient (Wildman–Crippen LogP) is 4.88. The van der Waals surface area contributed by atoms with Crippen LogP contribution in [0.3, 0.4) is 0 Å². The number of hydrogen-bond acceptors (Lipinski definition) is 1. The Bertz CT molecular complexity index is 815. The molecule has 0 spiro atoms. The van der Waals surface area contributed by atoms with Gasteiger partial charge in [-0.1, -0.05) is 35.9 Å². The molecule has 4 heteroatoms. The molecular formula is C17H11ClFNO. The van der Waals surface area contributed by atoms with E-state index in [1.54, 1.807) is 48.5 Å². The van der Waals surface area contributed by atoms with Crippen LogP contribution in [0.25, 0.3) is 10.8 Å². The molecule has 1 amide bonds. The first kappa shape index (κ1) is 13.6. The number of benzene rings is 3. The van der Waals surface area contributed by atoms with Gasteiger partial charge in [-0.3, -0.25) is 4.79 Å². The van der Waals surface area contributed by atoms with Gasteiger partial charge in [0.25, 0.3) is 5.91 Å². The molecule has 3 rings (SSSR count). The maximum atomic E-state index is 13.8. The fourth-order valence-corrected chi connectivity index (χ4v) is 2.32. The zero-order valence-electron chi connectivity index (χ0n) is 10.9. The summed E-state index contributed by atoms with van der Waals surface area (Å²) in [5.74, 6) is -0.623. The Kier molecular flexibility index (Phi) is 3.59. The lowest BCUT2D eigenvalue weighted by atomic mass is 10.0. The Labute approximate surface area is 126 Å². The van der Waals surface area contributed by atoms with E-state index >= 15 is 0 Å². The van der Waals surface area contributed by atoms with Crippen molar-refractivity contribution in [2.45, 2.75) is 0 Å². The Morgan fingerprint density at radius 2 is 1.57 bits per heavy atom. The van der Waals surface area contributed by atoms with Gasteiger partial charge in [-0.2, -0.15) is 0 Å². The summed E-state index contributed by atoms with van der Waals surface area (Å²) in [5.41, 5.74) is 1.07. The number of carbonyl (C=O) groups is 1. The number of anilines is 1. The molecule has 0 aliphatic carbocycles. The molecule has 0 saturated carbocycles. The van der Waals surface area contributed by atoms with Gasteiger partial charge in [-0.15, -0.1) is 0 Å². The molecule has 0 aliphatic rings. The van der Waals surface area contributed by atoms with Gasteiger partial charge < -0.3 is 5.32 Å². The maximum Gasteiger partial charge on any atom is 0.256 e. The molecule has 0 unspecified atom stereocenters. The van der Waals surface area contributed by atoms with Crippen molar-refractivity contribution >= 4 is 34.0 Å². The van der Waals surface area contributed by atoms with E-state index in [4.69, 9.17) is 11.6 Å². The minimum absolute atomic E-state index is 0.284. The first-order valence-corrected chi connectivity index (χ1v) is 6.77. The van der Waals surface area contributed by atoms with E-state index in [-0.39, 0.29) is 11.7 Å². The van der Waals surface area contributed by atoms with Crippen molar-refractivity contribution in [2.24, 2.45) is 0 Å². The molecule has 0 saturated heterocycles. The van der Waals surface area contributed by atoms with E-state index in [0.29, 0.717) is 27.0 Å². The molecule has 104 valence electrons. The number of rotatable bonds is 2. The Balaban J connectivity index is 1.98. The number of hydrogen-bond donors (Lipinski definition) is 1. The van der Waals surface area contributed by atoms with Gasteiger partial charge in [0.1, 0.15) is 5.82 Å². The summed E-state index contributed by atoms with van der Waals surface area (Å²) in [4.78, 5) is 12.4. The predicted molar refractivity (Wildman–Crippen MR) is 83.3 cm³/mol. The van der Waals surface area contributed by atoms with E-state index in [1.165, 1.54) is 12.1 Å². The first-order valence-electron chi connectivity index (χ1n) is 6.39. The third-order valence-corrected chi connectivity index (χ3v) is 3.47. The third-order valence-electron chi connectivity index (χ3n) is 3.22. The molecule has 0 aliphatic heterocycles. The minimum atomic E-state index is -0.339. The summed E-state index contributed by atoms with van der Waals surface area (Å²) in [6.45, 7) is 0. The Morgan fingerprint density at radius 3 is 2.29 bits per heavy atom. The molecule has 0 bridgehead atoms. The standard InChI is InChI=1S/C17H11ClFNO/c18-11-5-7-12(8-6-11)20-17(21)15-9-10-16(19)14-4-2-1-3-13(14)15/h1-10H,(H,20,21). The summed E-state index contributed by atoms with van der Waals surface area (Å²) in [7, 11) is 0. The number of carbonyl (C=O) groups excluding carboxylic acids is 1. The fourth-order valence-electron chi connectivity index (χ4n) is 2.19. The third kappa shape index (κ3) is 2.73. The zero-order valence-corrected chi connectivity index (χ0v) is 11.7. The summed E-state index contributed by atoms with van der Waals surface area (Å²) < 4.78 is 13.8. The van der Waals surface area contributed by atoms with Crippen molar-refractivity contribution in [3.8, 4) is 0 Å². The highest BCUT2D eigenvalue weighted by atomic mass is 35.5. The van der Waals surface area contributed by atoms with Crippen LogP contribution in [-0.4, -0.2) is 5.91 Å². The summed E-state index contributed by atoms with van der Waals surface area (Å²) >= 11 is 5.81. The largest absolute Gasteiger partial charge is 0.322 e. The monoisotopic (exact) mass is 299 g/mol. The smallest absolute Gasteiger partial charge is 0.256 e. The molecule has 3 aromatic rings. The average molecular weight is 300 g/mol. The van der Waals surface area contributed by atoms with Crippen molar-refractivity contribution in [2.75, 3.05) is 5.32 Å². The van der Waals surface area contributed by atoms with Crippen molar-refractivity contribution < 1.29 is 9.18 Å². The van der Waals surface area contributed by atoms with Crippen LogP contribution in [0.4, 0.5) is 10.1 Å². The molecule has 0 heterocycles. The molecule has 0 fully saturated rings. The Morgan fingerprint density at radius 1 is 0.905 bits per heavy atom.